The Morgan fingerprint density at radius 1 is 1.29 bits per heavy atom. The lowest BCUT2D eigenvalue weighted by atomic mass is 9.81. The topological polar surface area (TPSA) is 58.2 Å². The van der Waals surface area contributed by atoms with Crippen molar-refractivity contribution in [2.24, 2.45) is 11.3 Å². The van der Waals surface area contributed by atoms with Gasteiger partial charge >= 0.3 is 0 Å². The summed E-state index contributed by atoms with van der Waals surface area (Å²) in [5.74, 6) is 0.416. The summed E-state index contributed by atoms with van der Waals surface area (Å²) in [6.07, 6.45) is 0.867. The van der Waals surface area contributed by atoms with Gasteiger partial charge in [0.25, 0.3) is 0 Å². The predicted octanol–water partition coefficient (Wildman–Crippen LogP) is 2.86. The molecule has 0 aromatic carbocycles. The minimum absolute atomic E-state index is 0.0573. The molecule has 0 unspecified atom stereocenters. The first-order chi connectivity index (χ1) is 9.69. The summed E-state index contributed by atoms with van der Waals surface area (Å²) in [4.78, 5) is 1.10. The second kappa shape index (κ2) is 7.72. The van der Waals surface area contributed by atoms with Gasteiger partial charge in [0.15, 0.2) is 0 Å². The van der Waals surface area contributed by atoms with Crippen LogP contribution in [0.5, 0.6) is 0 Å². The molecular formula is C15H28N2O2S2. The number of rotatable bonds is 9. The van der Waals surface area contributed by atoms with Crippen LogP contribution in [-0.4, -0.2) is 28.1 Å². The first kappa shape index (κ1) is 18.6. The first-order valence-electron chi connectivity index (χ1n) is 7.48. The Hall–Kier alpha value is -0.430. The van der Waals surface area contributed by atoms with Crippen LogP contribution in [0.15, 0.2) is 16.3 Å². The monoisotopic (exact) mass is 332 g/mol. The fourth-order valence-electron chi connectivity index (χ4n) is 1.58. The Labute approximate surface area is 133 Å². The molecule has 0 saturated heterocycles. The van der Waals surface area contributed by atoms with Gasteiger partial charge in [0, 0.05) is 11.4 Å². The highest BCUT2D eigenvalue weighted by Crippen LogP contribution is 2.27. The second-order valence-corrected chi connectivity index (χ2v) is 9.45. The maximum atomic E-state index is 12.3. The summed E-state index contributed by atoms with van der Waals surface area (Å²) < 4.78 is 27.8. The van der Waals surface area contributed by atoms with Gasteiger partial charge in [0.1, 0.15) is 4.21 Å². The van der Waals surface area contributed by atoms with Gasteiger partial charge in [-0.05, 0) is 43.0 Å². The molecule has 21 heavy (non-hydrogen) atoms. The quantitative estimate of drug-likeness (QED) is 0.684. The zero-order valence-electron chi connectivity index (χ0n) is 13.7. The molecular weight excluding hydrogens is 304 g/mol. The van der Waals surface area contributed by atoms with Crippen molar-refractivity contribution in [2.45, 2.75) is 45.2 Å². The van der Waals surface area contributed by atoms with E-state index in [2.05, 4.69) is 44.7 Å². The van der Waals surface area contributed by atoms with E-state index in [1.165, 1.54) is 11.3 Å². The van der Waals surface area contributed by atoms with Gasteiger partial charge in [-0.15, -0.1) is 11.3 Å². The Bertz CT molecular complexity index is 534. The Kier molecular flexibility index (Phi) is 6.84. The molecule has 1 aromatic heterocycles. The fourth-order valence-corrected chi connectivity index (χ4v) is 4.20. The molecule has 0 fully saturated rings. The lowest BCUT2D eigenvalue weighted by molar-refractivity contribution is 0.252. The van der Waals surface area contributed by atoms with Crippen molar-refractivity contribution < 1.29 is 8.42 Å². The maximum absolute atomic E-state index is 12.3. The van der Waals surface area contributed by atoms with Crippen LogP contribution >= 0.6 is 11.3 Å². The Balaban J connectivity index is 2.66. The van der Waals surface area contributed by atoms with E-state index in [1.807, 2.05) is 6.07 Å². The summed E-state index contributed by atoms with van der Waals surface area (Å²) in [7, 11) is -3.39. The maximum Gasteiger partial charge on any atom is 0.250 e. The molecule has 0 amide bonds. The van der Waals surface area contributed by atoms with Crippen LogP contribution in [0.4, 0.5) is 0 Å². The van der Waals surface area contributed by atoms with Crippen molar-refractivity contribution in [3.63, 3.8) is 0 Å². The second-order valence-electron chi connectivity index (χ2n) is 6.29. The molecule has 4 nitrogen and oxygen atoms in total. The normalized spacial score (nSPS) is 13.0. The van der Waals surface area contributed by atoms with E-state index in [-0.39, 0.29) is 5.41 Å². The van der Waals surface area contributed by atoms with E-state index in [1.54, 1.807) is 6.07 Å². The molecule has 1 aromatic rings. The van der Waals surface area contributed by atoms with Gasteiger partial charge in [0.05, 0.1) is 0 Å². The standard InChI is InChI=1S/C15H28N2O2S2/c1-6-16-10-9-13-7-8-14(20-13)21(18,19)17-11-15(4,5)12(2)3/h7-8,12,16-17H,6,9-11H2,1-5H3. The molecule has 122 valence electrons. The molecule has 0 saturated carbocycles. The molecule has 2 N–H and O–H groups in total. The smallest absolute Gasteiger partial charge is 0.250 e. The molecule has 0 atom stereocenters. The average molecular weight is 333 g/mol. The summed E-state index contributed by atoms with van der Waals surface area (Å²) in [6, 6.07) is 3.61. The highest BCUT2D eigenvalue weighted by Gasteiger charge is 2.26. The number of thiophene rings is 1. The van der Waals surface area contributed by atoms with Crippen LogP contribution in [0.25, 0.3) is 0 Å². The lowest BCUT2D eigenvalue weighted by Crippen LogP contribution is -2.36. The zero-order valence-corrected chi connectivity index (χ0v) is 15.3. The fraction of sp³-hybridized carbons (Fsp3) is 0.733. The number of sulfonamides is 1. The van der Waals surface area contributed by atoms with Gasteiger partial charge in [-0.2, -0.15) is 0 Å². The van der Waals surface area contributed by atoms with E-state index in [9.17, 15) is 8.42 Å². The van der Waals surface area contributed by atoms with E-state index in [0.29, 0.717) is 16.7 Å². The van der Waals surface area contributed by atoms with Crippen molar-refractivity contribution in [2.75, 3.05) is 19.6 Å². The van der Waals surface area contributed by atoms with Gasteiger partial charge in [-0.3, -0.25) is 0 Å². The average Bonchev–Trinajstić information content (AvgIpc) is 2.86. The molecule has 0 aliphatic heterocycles. The van der Waals surface area contributed by atoms with E-state index in [0.717, 1.165) is 24.4 Å². The predicted molar refractivity (Wildman–Crippen MR) is 90.4 cm³/mol. The number of hydrogen-bond donors (Lipinski definition) is 2. The molecule has 0 bridgehead atoms. The highest BCUT2D eigenvalue weighted by atomic mass is 32.2. The Morgan fingerprint density at radius 3 is 2.52 bits per heavy atom. The molecule has 1 rings (SSSR count). The summed E-state index contributed by atoms with van der Waals surface area (Å²) in [6.45, 7) is 12.7. The molecule has 0 aliphatic carbocycles. The van der Waals surface area contributed by atoms with Crippen LogP contribution in [-0.2, 0) is 16.4 Å². The first-order valence-corrected chi connectivity index (χ1v) is 9.78. The summed E-state index contributed by atoms with van der Waals surface area (Å²) >= 11 is 1.36. The van der Waals surface area contributed by atoms with E-state index < -0.39 is 10.0 Å². The lowest BCUT2D eigenvalue weighted by Gasteiger charge is -2.29. The number of hydrogen-bond acceptors (Lipinski definition) is 4. The third-order valence-electron chi connectivity index (χ3n) is 3.98. The number of likely N-dealkylation sites (N-methyl/N-ethyl adjacent to an activating group) is 1. The molecule has 0 spiro atoms. The molecule has 0 radical (unpaired) electrons. The largest absolute Gasteiger partial charge is 0.317 e. The minimum atomic E-state index is -3.39. The van der Waals surface area contributed by atoms with Gasteiger partial charge in [0.2, 0.25) is 10.0 Å². The Morgan fingerprint density at radius 2 is 1.95 bits per heavy atom. The summed E-state index contributed by atoms with van der Waals surface area (Å²) in [5.41, 5.74) is -0.0573. The van der Waals surface area contributed by atoms with Crippen LogP contribution in [0.2, 0.25) is 0 Å². The minimum Gasteiger partial charge on any atom is -0.317 e. The number of nitrogens with one attached hydrogen (secondary N) is 2. The van der Waals surface area contributed by atoms with Crippen molar-refractivity contribution >= 4 is 21.4 Å². The van der Waals surface area contributed by atoms with Gasteiger partial charge < -0.3 is 5.32 Å². The zero-order chi connectivity index (χ0) is 16.1. The SMILES string of the molecule is CCNCCc1ccc(S(=O)(=O)NCC(C)(C)C(C)C)s1. The van der Waals surface area contributed by atoms with E-state index in [4.69, 9.17) is 0 Å². The van der Waals surface area contributed by atoms with Crippen LogP contribution in [0, 0.1) is 11.3 Å². The third-order valence-corrected chi connectivity index (χ3v) is 7.02. The van der Waals surface area contributed by atoms with Crippen molar-refractivity contribution in [3.05, 3.63) is 17.0 Å². The van der Waals surface area contributed by atoms with Crippen molar-refractivity contribution in [1.29, 1.82) is 0 Å². The van der Waals surface area contributed by atoms with Crippen LogP contribution in [0.3, 0.4) is 0 Å². The van der Waals surface area contributed by atoms with Crippen LogP contribution < -0.4 is 10.0 Å². The van der Waals surface area contributed by atoms with Crippen molar-refractivity contribution in [1.82, 2.24) is 10.0 Å². The summed E-state index contributed by atoms with van der Waals surface area (Å²) in [5, 5.41) is 3.24. The van der Waals surface area contributed by atoms with Gasteiger partial charge in [-0.25, -0.2) is 13.1 Å². The third kappa shape index (κ3) is 5.70. The van der Waals surface area contributed by atoms with Crippen molar-refractivity contribution in [3.8, 4) is 0 Å². The van der Waals surface area contributed by atoms with Gasteiger partial charge in [-0.1, -0.05) is 34.6 Å². The molecule has 6 heteroatoms. The van der Waals surface area contributed by atoms with E-state index >= 15 is 0 Å². The highest BCUT2D eigenvalue weighted by molar-refractivity contribution is 7.91. The molecule has 1 heterocycles. The van der Waals surface area contributed by atoms with Crippen LogP contribution in [0.1, 0.15) is 39.5 Å². The molecule has 0 aliphatic rings.